The summed E-state index contributed by atoms with van der Waals surface area (Å²) >= 11 is 0. The van der Waals surface area contributed by atoms with Gasteiger partial charge in [0.05, 0.1) is 12.0 Å². The Kier molecular flexibility index (Phi) is 6.34. The summed E-state index contributed by atoms with van der Waals surface area (Å²) < 4.78 is 0. The predicted molar refractivity (Wildman–Crippen MR) is 133 cm³/mol. The largest absolute Gasteiger partial charge is 0.345 e. The molecule has 1 aliphatic rings. The van der Waals surface area contributed by atoms with Crippen molar-refractivity contribution in [1.29, 1.82) is 0 Å². The molecule has 5 nitrogen and oxygen atoms in total. The number of nitrogens with one attached hydrogen (secondary N) is 1. The standard InChI is InChI=1S/C29H27N3O2/c33-28(31-27(22-9-2-1-3-10-22)23-15-17-30-18-16-23)24-12-7-19-32(20-24)29(34)26-14-6-11-21-8-4-5-13-25(21)26/h1-6,8-11,13-18,24,27H,7,12,19-20H2,(H,31,33)/t24-,27-/m1/s1. The SMILES string of the molecule is O=C(N[C@H](c1ccccc1)c1ccncc1)[C@@H]1CCCN(C(=O)c2cccc3ccccc23)C1. The number of carbonyl (C=O) groups is 2. The van der Waals surface area contributed by atoms with Crippen molar-refractivity contribution < 1.29 is 9.59 Å². The number of hydrogen-bond donors (Lipinski definition) is 1. The van der Waals surface area contributed by atoms with Crippen molar-refractivity contribution >= 4 is 22.6 Å². The lowest BCUT2D eigenvalue weighted by Crippen LogP contribution is -2.46. The van der Waals surface area contributed by atoms with Crippen LogP contribution < -0.4 is 5.32 Å². The van der Waals surface area contributed by atoms with E-state index >= 15 is 0 Å². The van der Waals surface area contributed by atoms with Crippen LogP contribution in [-0.4, -0.2) is 34.8 Å². The van der Waals surface area contributed by atoms with Gasteiger partial charge >= 0.3 is 0 Å². The van der Waals surface area contributed by atoms with E-state index in [1.807, 2.05) is 89.8 Å². The maximum Gasteiger partial charge on any atom is 0.254 e. The van der Waals surface area contributed by atoms with Crippen LogP contribution in [0.1, 0.15) is 40.4 Å². The number of piperidine rings is 1. The lowest BCUT2D eigenvalue weighted by atomic mass is 9.93. The summed E-state index contributed by atoms with van der Waals surface area (Å²) in [6.45, 7) is 1.09. The Labute approximate surface area is 199 Å². The molecule has 0 saturated carbocycles. The number of aromatic nitrogens is 1. The van der Waals surface area contributed by atoms with Crippen LogP contribution in [0, 0.1) is 5.92 Å². The summed E-state index contributed by atoms with van der Waals surface area (Å²) in [6.07, 6.45) is 5.05. The molecule has 1 N–H and O–H groups in total. The van der Waals surface area contributed by atoms with E-state index < -0.39 is 0 Å². The van der Waals surface area contributed by atoms with Gasteiger partial charge in [-0.15, -0.1) is 0 Å². The van der Waals surface area contributed by atoms with Crippen LogP contribution >= 0.6 is 0 Å². The molecule has 170 valence electrons. The Morgan fingerprint density at radius 3 is 2.38 bits per heavy atom. The first-order chi connectivity index (χ1) is 16.7. The summed E-state index contributed by atoms with van der Waals surface area (Å²) in [6, 6.07) is 27.3. The number of fused-ring (bicyclic) bond motifs is 1. The molecule has 0 radical (unpaired) electrons. The van der Waals surface area contributed by atoms with Gasteiger partial charge in [0.1, 0.15) is 0 Å². The molecule has 2 amide bonds. The van der Waals surface area contributed by atoms with Gasteiger partial charge in [-0.05, 0) is 52.9 Å². The molecule has 5 heteroatoms. The molecule has 2 heterocycles. The van der Waals surface area contributed by atoms with Crippen molar-refractivity contribution in [3.8, 4) is 0 Å². The topological polar surface area (TPSA) is 62.3 Å². The van der Waals surface area contributed by atoms with Crippen LogP contribution in [0.25, 0.3) is 10.8 Å². The second-order valence-electron chi connectivity index (χ2n) is 8.75. The van der Waals surface area contributed by atoms with Crippen LogP contribution in [0.3, 0.4) is 0 Å². The number of pyridine rings is 1. The second-order valence-corrected chi connectivity index (χ2v) is 8.75. The Hall–Kier alpha value is -3.99. The molecule has 3 aromatic carbocycles. The predicted octanol–water partition coefficient (Wildman–Crippen LogP) is 4.99. The van der Waals surface area contributed by atoms with E-state index in [0.717, 1.165) is 34.7 Å². The van der Waals surface area contributed by atoms with Gasteiger partial charge < -0.3 is 10.2 Å². The maximum atomic E-state index is 13.4. The highest BCUT2D eigenvalue weighted by Gasteiger charge is 2.31. The average molecular weight is 450 g/mol. The van der Waals surface area contributed by atoms with E-state index in [1.54, 1.807) is 12.4 Å². The number of amides is 2. The first-order valence-electron chi connectivity index (χ1n) is 11.7. The highest BCUT2D eigenvalue weighted by Crippen LogP contribution is 2.26. The van der Waals surface area contributed by atoms with Crippen LogP contribution in [0.5, 0.6) is 0 Å². The van der Waals surface area contributed by atoms with Gasteiger partial charge in [0.2, 0.25) is 5.91 Å². The summed E-state index contributed by atoms with van der Waals surface area (Å²) in [4.78, 5) is 32.8. The third-order valence-corrected chi connectivity index (χ3v) is 6.56. The van der Waals surface area contributed by atoms with Gasteiger partial charge in [-0.2, -0.15) is 0 Å². The Balaban J connectivity index is 1.35. The quantitative estimate of drug-likeness (QED) is 0.467. The zero-order valence-electron chi connectivity index (χ0n) is 18.9. The van der Waals surface area contributed by atoms with Gasteiger partial charge in [-0.3, -0.25) is 14.6 Å². The fourth-order valence-electron chi connectivity index (χ4n) is 4.78. The lowest BCUT2D eigenvalue weighted by molar-refractivity contribution is -0.126. The number of carbonyl (C=O) groups excluding carboxylic acids is 2. The minimum atomic E-state index is -0.263. The van der Waals surface area contributed by atoms with Gasteiger partial charge in [0.25, 0.3) is 5.91 Å². The summed E-state index contributed by atoms with van der Waals surface area (Å²) in [5, 5.41) is 5.24. The number of likely N-dealkylation sites (tertiary alicyclic amines) is 1. The molecule has 1 aromatic heterocycles. The molecular formula is C29H27N3O2. The smallest absolute Gasteiger partial charge is 0.254 e. The van der Waals surface area contributed by atoms with Crippen molar-refractivity contribution in [1.82, 2.24) is 15.2 Å². The zero-order chi connectivity index (χ0) is 23.3. The molecule has 0 spiro atoms. The highest BCUT2D eigenvalue weighted by molar-refractivity contribution is 6.07. The normalized spacial score (nSPS) is 16.7. The number of hydrogen-bond acceptors (Lipinski definition) is 3. The molecule has 1 fully saturated rings. The third-order valence-electron chi connectivity index (χ3n) is 6.56. The molecule has 0 aliphatic carbocycles. The molecule has 5 rings (SSSR count). The van der Waals surface area contributed by atoms with Crippen molar-refractivity contribution in [3.05, 3.63) is 114 Å². The minimum Gasteiger partial charge on any atom is -0.345 e. The molecule has 34 heavy (non-hydrogen) atoms. The molecule has 0 unspecified atom stereocenters. The van der Waals surface area contributed by atoms with Crippen LogP contribution in [-0.2, 0) is 4.79 Å². The van der Waals surface area contributed by atoms with E-state index in [-0.39, 0.29) is 23.8 Å². The van der Waals surface area contributed by atoms with Gasteiger partial charge in [-0.25, -0.2) is 0 Å². The second kappa shape index (κ2) is 9.87. The molecule has 1 aliphatic heterocycles. The van der Waals surface area contributed by atoms with Crippen molar-refractivity contribution in [2.45, 2.75) is 18.9 Å². The van der Waals surface area contributed by atoms with Crippen molar-refractivity contribution in [2.75, 3.05) is 13.1 Å². The monoisotopic (exact) mass is 449 g/mol. The highest BCUT2D eigenvalue weighted by atomic mass is 16.2. The third kappa shape index (κ3) is 4.55. The summed E-state index contributed by atoms with van der Waals surface area (Å²) in [7, 11) is 0. The molecule has 1 saturated heterocycles. The molecule has 0 bridgehead atoms. The summed E-state index contributed by atoms with van der Waals surface area (Å²) in [5.41, 5.74) is 2.69. The summed E-state index contributed by atoms with van der Waals surface area (Å²) in [5.74, 6) is -0.287. The van der Waals surface area contributed by atoms with E-state index in [0.29, 0.717) is 18.7 Å². The Bertz CT molecular complexity index is 1250. The fraction of sp³-hybridized carbons (Fsp3) is 0.207. The van der Waals surface area contributed by atoms with E-state index in [9.17, 15) is 9.59 Å². The lowest BCUT2D eigenvalue weighted by Gasteiger charge is -2.33. The van der Waals surface area contributed by atoms with E-state index in [1.165, 1.54) is 0 Å². The van der Waals surface area contributed by atoms with E-state index in [2.05, 4.69) is 10.3 Å². The molecule has 2 atom stereocenters. The number of rotatable bonds is 5. The first kappa shape index (κ1) is 21.8. The van der Waals surface area contributed by atoms with Crippen molar-refractivity contribution in [3.63, 3.8) is 0 Å². The Morgan fingerprint density at radius 1 is 0.853 bits per heavy atom. The van der Waals surface area contributed by atoms with E-state index in [4.69, 9.17) is 0 Å². The zero-order valence-corrected chi connectivity index (χ0v) is 18.9. The van der Waals surface area contributed by atoms with Gasteiger partial charge in [-0.1, -0.05) is 66.7 Å². The van der Waals surface area contributed by atoms with Gasteiger partial charge in [0.15, 0.2) is 0 Å². The number of nitrogens with zero attached hydrogens (tertiary/aromatic N) is 2. The average Bonchev–Trinajstić information content (AvgIpc) is 2.92. The van der Waals surface area contributed by atoms with Gasteiger partial charge in [0, 0.05) is 31.0 Å². The van der Waals surface area contributed by atoms with Crippen molar-refractivity contribution in [2.24, 2.45) is 5.92 Å². The Morgan fingerprint density at radius 2 is 1.56 bits per heavy atom. The first-order valence-corrected chi connectivity index (χ1v) is 11.7. The fourth-order valence-corrected chi connectivity index (χ4v) is 4.78. The van der Waals surface area contributed by atoms with Crippen LogP contribution in [0.2, 0.25) is 0 Å². The maximum absolute atomic E-state index is 13.4. The number of benzene rings is 3. The molecule has 4 aromatic rings. The molecular weight excluding hydrogens is 422 g/mol. The minimum absolute atomic E-state index is 0.0111. The van der Waals surface area contributed by atoms with Crippen LogP contribution in [0.15, 0.2) is 97.3 Å². The van der Waals surface area contributed by atoms with Crippen LogP contribution in [0.4, 0.5) is 0 Å².